The van der Waals surface area contributed by atoms with Crippen LogP contribution in [0.5, 0.6) is 0 Å². The Balaban J connectivity index is 1.85. The van der Waals surface area contributed by atoms with Gasteiger partial charge in [-0.05, 0) is 49.6 Å². The first-order valence-corrected chi connectivity index (χ1v) is 9.47. The zero-order valence-corrected chi connectivity index (χ0v) is 17.0. The third-order valence-corrected chi connectivity index (χ3v) is 4.44. The monoisotopic (exact) mass is 388 g/mol. The van der Waals surface area contributed by atoms with Crippen LogP contribution in [0.3, 0.4) is 0 Å². The lowest BCUT2D eigenvalue weighted by Crippen LogP contribution is -2.16. The van der Waals surface area contributed by atoms with E-state index in [4.69, 9.17) is 0 Å². The van der Waals surface area contributed by atoms with Crippen molar-refractivity contribution in [2.45, 2.75) is 33.6 Å². The van der Waals surface area contributed by atoms with Crippen LogP contribution in [0.1, 0.15) is 58.8 Å². The zero-order chi connectivity index (χ0) is 21.0. The molecule has 6 heteroatoms. The summed E-state index contributed by atoms with van der Waals surface area (Å²) in [6.45, 7) is 7.54. The average Bonchev–Trinajstić information content (AvgIpc) is 2.68. The van der Waals surface area contributed by atoms with Gasteiger partial charge in [0.05, 0.1) is 0 Å². The number of hydrogen-bond donors (Lipinski definition) is 2. The highest BCUT2D eigenvalue weighted by molar-refractivity contribution is 6.04. The number of anilines is 3. The van der Waals surface area contributed by atoms with Crippen LogP contribution >= 0.6 is 0 Å². The first kappa shape index (κ1) is 20.2. The molecule has 3 rings (SSSR count). The summed E-state index contributed by atoms with van der Waals surface area (Å²) in [6, 6.07) is 16.4. The van der Waals surface area contributed by atoms with Gasteiger partial charge in [0.25, 0.3) is 5.91 Å². The Kier molecular flexibility index (Phi) is 6.02. The fourth-order valence-corrected chi connectivity index (χ4v) is 2.99. The SMILES string of the molecule is CC(=O)c1cccc(NC(=O)c2cc(C)nc(Nc3ccccc3C(C)C)n2)c1. The normalized spacial score (nSPS) is 10.7. The zero-order valence-electron chi connectivity index (χ0n) is 17.0. The third kappa shape index (κ3) is 5.04. The maximum atomic E-state index is 12.7. The summed E-state index contributed by atoms with van der Waals surface area (Å²) < 4.78 is 0. The number of nitrogens with zero attached hydrogens (tertiary/aromatic N) is 2. The van der Waals surface area contributed by atoms with E-state index < -0.39 is 0 Å². The molecule has 0 bridgehead atoms. The molecule has 0 spiro atoms. The number of hydrogen-bond acceptors (Lipinski definition) is 5. The predicted molar refractivity (Wildman–Crippen MR) is 115 cm³/mol. The molecule has 1 amide bonds. The number of para-hydroxylation sites is 1. The Labute approximate surface area is 170 Å². The second kappa shape index (κ2) is 8.65. The van der Waals surface area contributed by atoms with Crippen LogP contribution in [0.15, 0.2) is 54.6 Å². The van der Waals surface area contributed by atoms with E-state index >= 15 is 0 Å². The van der Waals surface area contributed by atoms with Gasteiger partial charge in [0.15, 0.2) is 5.78 Å². The van der Waals surface area contributed by atoms with E-state index in [1.165, 1.54) is 6.92 Å². The molecule has 0 fully saturated rings. The van der Waals surface area contributed by atoms with Crippen LogP contribution < -0.4 is 10.6 Å². The van der Waals surface area contributed by atoms with Crippen molar-refractivity contribution in [3.05, 3.63) is 77.1 Å². The molecule has 1 heterocycles. The second-order valence-corrected chi connectivity index (χ2v) is 7.18. The molecular formula is C23H24N4O2. The van der Waals surface area contributed by atoms with E-state index in [0.29, 0.717) is 28.8 Å². The van der Waals surface area contributed by atoms with Gasteiger partial charge in [0, 0.05) is 22.6 Å². The number of Topliss-reactive ketones (excluding diaryl/α,β-unsaturated/α-hetero) is 1. The lowest BCUT2D eigenvalue weighted by Gasteiger charge is -2.14. The van der Waals surface area contributed by atoms with Crippen molar-refractivity contribution in [1.29, 1.82) is 0 Å². The van der Waals surface area contributed by atoms with Crippen molar-refractivity contribution in [2.75, 3.05) is 10.6 Å². The molecule has 2 aromatic carbocycles. The van der Waals surface area contributed by atoms with Crippen LogP contribution in [0.2, 0.25) is 0 Å². The van der Waals surface area contributed by atoms with E-state index in [9.17, 15) is 9.59 Å². The van der Waals surface area contributed by atoms with Crippen LogP contribution in [0.25, 0.3) is 0 Å². The first-order valence-electron chi connectivity index (χ1n) is 9.47. The van der Waals surface area contributed by atoms with Gasteiger partial charge in [-0.25, -0.2) is 9.97 Å². The number of ketones is 1. The Bertz CT molecular complexity index is 1060. The molecule has 2 N–H and O–H groups in total. The maximum absolute atomic E-state index is 12.7. The number of carbonyl (C=O) groups excluding carboxylic acids is 2. The lowest BCUT2D eigenvalue weighted by molar-refractivity contribution is 0.100. The predicted octanol–water partition coefficient (Wildman–Crippen LogP) is 5.11. The van der Waals surface area contributed by atoms with E-state index in [2.05, 4.69) is 40.5 Å². The van der Waals surface area contributed by atoms with Crippen molar-refractivity contribution >= 4 is 29.0 Å². The van der Waals surface area contributed by atoms with Gasteiger partial charge >= 0.3 is 0 Å². The second-order valence-electron chi connectivity index (χ2n) is 7.18. The number of aromatic nitrogens is 2. The summed E-state index contributed by atoms with van der Waals surface area (Å²) in [5, 5.41) is 6.02. The van der Waals surface area contributed by atoms with E-state index in [1.807, 2.05) is 25.1 Å². The minimum Gasteiger partial charge on any atom is -0.324 e. The Morgan fingerprint density at radius 2 is 1.72 bits per heavy atom. The van der Waals surface area contributed by atoms with Crippen LogP contribution in [0, 0.1) is 6.92 Å². The lowest BCUT2D eigenvalue weighted by atomic mass is 10.0. The maximum Gasteiger partial charge on any atom is 0.274 e. The minimum absolute atomic E-state index is 0.0608. The van der Waals surface area contributed by atoms with Crippen LogP contribution in [-0.4, -0.2) is 21.7 Å². The fraction of sp³-hybridized carbons (Fsp3) is 0.217. The highest BCUT2D eigenvalue weighted by atomic mass is 16.2. The molecule has 0 saturated heterocycles. The molecular weight excluding hydrogens is 364 g/mol. The summed E-state index contributed by atoms with van der Waals surface area (Å²) in [5.74, 6) is 0.270. The molecule has 0 atom stereocenters. The smallest absolute Gasteiger partial charge is 0.274 e. The van der Waals surface area contributed by atoms with Gasteiger partial charge in [-0.2, -0.15) is 0 Å². The molecule has 0 saturated carbocycles. The first-order chi connectivity index (χ1) is 13.8. The number of amides is 1. The summed E-state index contributed by atoms with van der Waals surface area (Å²) in [4.78, 5) is 33.1. The van der Waals surface area contributed by atoms with Gasteiger partial charge in [0.1, 0.15) is 5.69 Å². The minimum atomic E-state index is -0.364. The molecule has 0 radical (unpaired) electrons. The fourth-order valence-electron chi connectivity index (χ4n) is 2.99. The molecule has 1 aromatic heterocycles. The molecule has 29 heavy (non-hydrogen) atoms. The third-order valence-electron chi connectivity index (χ3n) is 4.44. The standard InChI is InChI=1S/C23H24N4O2/c1-14(2)19-10-5-6-11-20(19)26-23-24-15(3)12-21(27-23)22(29)25-18-9-7-8-17(13-18)16(4)28/h5-14H,1-4H3,(H,25,29)(H,24,26,27). The highest BCUT2D eigenvalue weighted by Gasteiger charge is 2.13. The molecule has 3 aromatic rings. The van der Waals surface area contributed by atoms with Gasteiger partial charge in [-0.3, -0.25) is 9.59 Å². The van der Waals surface area contributed by atoms with E-state index in [0.717, 1.165) is 11.3 Å². The quantitative estimate of drug-likeness (QED) is 0.574. The van der Waals surface area contributed by atoms with Gasteiger partial charge in [0.2, 0.25) is 5.95 Å². The van der Waals surface area contributed by atoms with E-state index in [1.54, 1.807) is 30.3 Å². The number of carbonyl (C=O) groups is 2. The molecule has 0 aliphatic rings. The number of rotatable bonds is 6. The molecule has 0 unspecified atom stereocenters. The highest BCUT2D eigenvalue weighted by Crippen LogP contribution is 2.26. The van der Waals surface area contributed by atoms with Gasteiger partial charge in [-0.15, -0.1) is 0 Å². The Morgan fingerprint density at radius 1 is 0.966 bits per heavy atom. The Morgan fingerprint density at radius 3 is 2.45 bits per heavy atom. The molecule has 0 aliphatic carbocycles. The van der Waals surface area contributed by atoms with Gasteiger partial charge in [-0.1, -0.05) is 44.2 Å². The number of benzene rings is 2. The van der Waals surface area contributed by atoms with Crippen LogP contribution in [0.4, 0.5) is 17.3 Å². The van der Waals surface area contributed by atoms with Crippen LogP contribution in [-0.2, 0) is 0 Å². The largest absolute Gasteiger partial charge is 0.324 e. The number of aryl methyl sites for hydroxylation is 1. The molecule has 6 nitrogen and oxygen atoms in total. The molecule has 0 aliphatic heterocycles. The average molecular weight is 388 g/mol. The van der Waals surface area contributed by atoms with Crippen molar-refractivity contribution in [3.63, 3.8) is 0 Å². The van der Waals surface area contributed by atoms with Crippen molar-refractivity contribution in [2.24, 2.45) is 0 Å². The van der Waals surface area contributed by atoms with Crippen molar-refractivity contribution in [3.8, 4) is 0 Å². The Hall–Kier alpha value is -3.54. The summed E-state index contributed by atoms with van der Waals surface area (Å²) in [7, 11) is 0. The van der Waals surface area contributed by atoms with Crippen molar-refractivity contribution < 1.29 is 9.59 Å². The molecule has 148 valence electrons. The summed E-state index contributed by atoms with van der Waals surface area (Å²) >= 11 is 0. The van der Waals surface area contributed by atoms with Crippen molar-refractivity contribution in [1.82, 2.24) is 9.97 Å². The number of nitrogens with one attached hydrogen (secondary N) is 2. The summed E-state index contributed by atoms with van der Waals surface area (Å²) in [5.41, 5.74) is 4.05. The summed E-state index contributed by atoms with van der Waals surface area (Å²) in [6.07, 6.45) is 0. The van der Waals surface area contributed by atoms with E-state index in [-0.39, 0.29) is 17.4 Å². The topological polar surface area (TPSA) is 84.0 Å². The van der Waals surface area contributed by atoms with Gasteiger partial charge < -0.3 is 10.6 Å².